The van der Waals surface area contributed by atoms with Crippen molar-refractivity contribution >= 4 is 102 Å². The molecule has 298 valence electrons. The summed E-state index contributed by atoms with van der Waals surface area (Å²) >= 11 is 1.87. The van der Waals surface area contributed by atoms with Crippen molar-refractivity contribution in [2.45, 2.75) is 0 Å². The summed E-state index contributed by atoms with van der Waals surface area (Å²) in [5, 5.41) is 15.1. The number of benzene rings is 12. The fourth-order valence-electron chi connectivity index (χ4n) is 10.2. The molecule has 1 aromatic heterocycles. The van der Waals surface area contributed by atoms with Gasteiger partial charge in [0.05, 0.1) is 5.69 Å². The SMILES string of the molecule is c1cc(-c2ccc(-c3cccc4ccccc34)cc2)cc(N(c2ccc3sc4cc5ccccc5cc4c3c2)c2ccc(-c3cc4ccccc4c4ccccc34)c3ccccc23)c1. The molecule has 0 aliphatic rings. The lowest BCUT2D eigenvalue weighted by molar-refractivity contribution is 1.30. The van der Waals surface area contributed by atoms with Gasteiger partial charge in [-0.05, 0) is 136 Å². The maximum absolute atomic E-state index is 2.47. The van der Waals surface area contributed by atoms with E-state index in [2.05, 4.69) is 241 Å². The molecule has 0 atom stereocenters. The van der Waals surface area contributed by atoms with Crippen molar-refractivity contribution in [3.8, 4) is 33.4 Å². The molecule has 0 aliphatic heterocycles. The van der Waals surface area contributed by atoms with Gasteiger partial charge >= 0.3 is 0 Å². The van der Waals surface area contributed by atoms with Crippen molar-refractivity contribution in [1.82, 2.24) is 0 Å². The van der Waals surface area contributed by atoms with Gasteiger partial charge < -0.3 is 4.90 Å². The van der Waals surface area contributed by atoms with Gasteiger partial charge in [-0.3, -0.25) is 0 Å². The zero-order valence-electron chi connectivity index (χ0n) is 34.9. The fourth-order valence-corrected chi connectivity index (χ4v) is 11.3. The van der Waals surface area contributed by atoms with Crippen molar-refractivity contribution in [3.05, 3.63) is 237 Å². The lowest BCUT2D eigenvalue weighted by Gasteiger charge is -2.28. The number of rotatable bonds is 6. The highest BCUT2D eigenvalue weighted by Gasteiger charge is 2.21. The van der Waals surface area contributed by atoms with E-state index in [0.717, 1.165) is 17.1 Å². The molecule has 64 heavy (non-hydrogen) atoms. The molecular formula is C62H39NS. The number of thiophene rings is 1. The Labute approximate surface area is 375 Å². The molecule has 0 unspecified atom stereocenters. The van der Waals surface area contributed by atoms with Gasteiger partial charge in [-0.2, -0.15) is 0 Å². The van der Waals surface area contributed by atoms with Gasteiger partial charge in [0.1, 0.15) is 0 Å². The lowest BCUT2D eigenvalue weighted by Crippen LogP contribution is -2.10. The molecule has 0 spiro atoms. The number of anilines is 3. The maximum atomic E-state index is 2.47. The predicted octanol–water partition coefficient (Wildman–Crippen LogP) is 18.3. The zero-order valence-corrected chi connectivity index (χ0v) is 35.7. The summed E-state index contributed by atoms with van der Waals surface area (Å²) in [6.45, 7) is 0. The third-order valence-corrected chi connectivity index (χ3v) is 14.3. The maximum Gasteiger partial charge on any atom is 0.0540 e. The van der Waals surface area contributed by atoms with Gasteiger partial charge in [-0.25, -0.2) is 0 Å². The molecular weight excluding hydrogens is 791 g/mol. The summed E-state index contributed by atoms with van der Waals surface area (Å²) in [4.78, 5) is 2.47. The molecule has 0 N–H and O–H groups in total. The molecule has 12 aromatic carbocycles. The summed E-state index contributed by atoms with van der Waals surface area (Å²) in [6, 6.07) is 87.4. The molecule has 1 nitrogen and oxygen atoms in total. The van der Waals surface area contributed by atoms with Crippen LogP contribution in [0.5, 0.6) is 0 Å². The van der Waals surface area contributed by atoms with Crippen LogP contribution in [0.1, 0.15) is 0 Å². The van der Waals surface area contributed by atoms with Gasteiger partial charge in [-0.1, -0.05) is 182 Å². The number of nitrogens with zero attached hydrogens (tertiary/aromatic N) is 1. The zero-order chi connectivity index (χ0) is 42.1. The lowest BCUT2D eigenvalue weighted by atomic mass is 9.90. The first-order chi connectivity index (χ1) is 31.7. The Morgan fingerprint density at radius 3 is 1.66 bits per heavy atom. The third kappa shape index (κ3) is 5.99. The highest BCUT2D eigenvalue weighted by Crippen LogP contribution is 2.47. The molecule has 0 fully saturated rings. The molecule has 0 saturated carbocycles. The van der Waals surface area contributed by atoms with E-state index < -0.39 is 0 Å². The summed E-state index contributed by atoms with van der Waals surface area (Å²) in [5.74, 6) is 0. The van der Waals surface area contributed by atoms with Crippen LogP contribution in [0.25, 0.3) is 107 Å². The molecule has 0 radical (unpaired) electrons. The van der Waals surface area contributed by atoms with E-state index in [-0.39, 0.29) is 0 Å². The van der Waals surface area contributed by atoms with Crippen molar-refractivity contribution in [3.63, 3.8) is 0 Å². The van der Waals surface area contributed by atoms with E-state index in [9.17, 15) is 0 Å². The van der Waals surface area contributed by atoms with Crippen LogP contribution in [0.4, 0.5) is 17.1 Å². The van der Waals surface area contributed by atoms with Crippen LogP contribution in [0.3, 0.4) is 0 Å². The minimum Gasteiger partial charge on any atom is -0.310 e. The average Bonchev–Trinajstić information content (AvgIpc) is 3.72. The molecule has 13 aromatic rings. The minimum absolute atomic E-state index is 1.11. The second-order valence-electron chi connectivity index (χ2n) is 16.8. The Kier molecular flexibility index (Phi) is 8.47. The van der Waals surface area contributed by atoms with Gasteiger partial charge in [0.25, 0.3) is 0 Å². The first kappa shape index (κ1) is 36.6. The van der Waals surface area contributed by atoms with Crippen LogP contribution < -0.4 is 4.90 Å². The number of fused-ring (bicyclic) bond motifs is 9. The predicted molar refractivity (Wildman–Crippen MR) is 278 cm³/mol. The summed E-state index contributed by atoms with van der Waals surface area (Å²) in [6.07, 6.45) is 0. The van der Waals surface area contributed by atoms with Crippen molar-refractivity contribution in [2.24, 2.45) is 0 Å². The standard InChI is InChI=1S/C62H39NS/c1-2-15-45-38-62-58(36-44(45)14-1)59-39-48(31-34-61(59)64-62)63(47-19-11-18-43(35-47)40-27-29-42(30-28-40)50-26-12-17-41-13-3-5-20-49(41)50)60-33-32-55(53-23-9-10-25-56(53)60)57-37-46-16-4-6-21-51(46)52-22-7-8-24-54(52)57/h1-39H. The second kappa shape index (κ2) is 14.8. The van der Waals surface area contributed by atoms with Crippen LogP contribution in [-0.2, 0) is 0 Å². The van der Waals surface area contributed by atoms with Gasteiger partial charge in [0, 0.05) is 36.9 Å². The Hall–Kier alpha value is -8.04. The minimum atomic E-state index is 1.11. The van der Waals surface area contributed by atoms with Crippen LogP contribution in [0, 0.1) is 0 Å². The molecule has 1 heterocycles. The highest BCUT2D eigenvalue weighted by atomic mass is 32.1. The molecule has 0 saturated heterocycles. The van der Waals surface area contributed by atoms with E-state index in [1.807, 2.05) is 11.3 Å². The van der Waals surface area contributed by atoms with E-state index in [4.69, 9.17) is 0 Å². The molecule has 0 amide bonds. The summed E-state index contributed by atoms with van der Waals surface area (Å²) < 4.78 is 2.60. The Morgan fingerprint density at radius 1 is 0.250 bits per heavy atom. The Morgan fingerprint density at radius 2 is 0.844 bits per heavy atom. The molecule has 13 rings (SSSR count). The summed E-state index contributed by atoms with van der Waals surface area (Å²) in [7, 11) is 0. The normalized spacial score (nSPS) is 11.8. The second-order valence-corrected chi connectivity index (χ2v) is 17.9. The van der Waals surface area contributed by atoms with Crippen LogP contribution in [-0.4, -0.2) is 0 Å². The first-order valence-corrected chi connectivity index (χ1v) is 22.8. The van der Waals surface area contributed by atoms with E-state index in [1.165, 1.54) is 107 Å². The topological polar surface area (TPSA) is 3.24 Å². The van der Waals surface area contributed by atoms with E-state index in [0.29, 0.717) is 0 Å². The van der Waals surface area contributed by atoms with Gasteiger partial charge in [0.2, 0.25) is 0 Å². The molecule has 0 bridgehead atoms. The van der Waals surface area contributed by atoms with Crippen LogP contribution in [0.2, 0.25) is 0 Å². The quantitative estimate of drug-likeness (QED) is 0.151. The Bertz CT molecular complexity index is 3960. The van der Waals surface area contributed by atoms with Crippen molar-refractivity contribution in [2.75, 3.05) is 4.90 Å². The van der Waals surface area contributed by atoms with Gasteiger partial charge in [-0.15, -0.1) is 11.3 Å². The van der Waals surface area contributed by atoms with Crippen LogP contribution >= 0.6 is 11.3 Å². The molecule has 0 aliphatic carbocycles. The highest BCUT2D eigenvalue weighted by molar-refractivity contribution is 7.25. The van der Waals surface area contributed by atoms with E-state index >= 15 is 0 Å². The largest absolute Gasteiger partial charge is 0.310 e. The van der Waals surface area contributed by atoms with Crippen molar-refractivity contribution in [1.29, 1.82) is 0 Å². The average molecular weight is 830 g/mol. The monoisotopic (exact) mass is 829 g/mol. The summed E-state index contributed by atoms with van der Waals surface area (Å²) in [5.41, 5.74) is 10.7. The number of hydrogen-bond acceptors (Lipinski definition) is 2. The molecule has 2 heteroatoms. The Balaban J connectivity index is 1.00. The van der Waals surface area contributed by atoms with E-state index in [1.54, 1.807) is 0 Å². The van der Waals surface area contributed by atoms with Gasteiger partial charge in [0.15, 0.2) is 0 Å². The fraction of sp³-hybridized carbons (Fsp3) is 0. The smallest absolute Gasteiger partial charge is 0.0540 e. The van der Waals surface area contributed by atoms with Crippen LogP contribution in [0.15, 0.2) is 237 Å². The third-order valence-electron chi connectivity index (χ3n) is 13.2. The number of hydrogen-bond donors (Lipinski definition) is 0. The first-order valence-electron chi connectivity index (χ1n) is 22.0. The van der Waals surface area contributed by atoms with Crippen molar-refractivity contribution < 1.29 is 0 Å².